The Bertz CT molecular complexity index is 1190. The van der Waals surface area contributed by atoms with Gasteiger partial charge in [0.25, 0.3) is 5.91 Å². The third-order valence-corrected chi connectivity index (χ3v) is 6.01. The third kappa shape index (κ3) is 3.09. The standard InChI is InChI=1S/C21H16Cl2N4O2/c22-13-6-5-12(16(23)7-13)9-24-27-11-20(28)26-10-18-15(8-19(26)21(27)29)14-3-1-2-4-17(14)25-18/h1-7,9,19,25H,8,10-11H2/t19-/m0/s1. The van der Waals surface area contributed by atoms with Crippen molar-refractivity contribution in [3.8, 4) is 0 Å². The summed E-state index contributed by atoms with van der Waals surface area (Å²) < 4.78 is 0. The van der Waals surface area contributed by atoms with Crippen molar-refractivity contribution >= 4 is 52.1 Å². The maximum Gasteiger partial charge on any atom is 0.266 e. The zero-order valence-electron chi connectivity index (χ0n) is 15.2. The highest BCUT2D eigenvalue weighted by Gasteiger charge is 2.43. The lowest BCUT2D eigenvalue weighted by atomic mass is 9.94. The second-order valence-corrected chi connectivity index (χ2v) is 8.02. The highest BCUT2D eigenvalue weighted by Crippen LogP contribution is 2.32. The second-order valence-electron chi connectivity index (χ2n) is 7.18. The van der Waals surface area contributed by atoms with Gasteiger partial charge in [-0.1, -0.05) is 47.5 Å². The Morgan fingerprint density at radius 2 is 1.93 bits per heavy atom. The smallest absolute Gasteiger partial charge is 0.266 e. The summed E-state index contributed by atoms with van der Waals surface area (Å²) in [7, 11) is 0. The highest BCUT2D eigenvalue weighted by molar-refractivity contribution is 6.36. The molecule has 3 heterocycles. The van der Waals surface area contributed by atoms with Crippen LogP contribution in [0.5, 0.6) is 0 Å². The van der Waals surface area contributed by atoms with E-state index in [0.29, 0.717) is 28.6 Å². The Morgan fingerprint density at radius 3 is 2.76 bits per heavy atom. The highest BCUT2D eigenvalue weighted by atomic mass is 35.5. The Hall–Kier alpha value is -2.83. The van der Waals surface area contributed by atoms with E-state index in [1.54, 1.807) is 23.1 Å². The fourth-order valence-electron chi connectivity index (χ4n) is 4.00. The Kier molecular flexibility index (Phi) is 4.33. The molecule has 2 aliphatic rings. The van der Waals surface area contributed by atoms with Crippen LogP contribution >= 0.6 is 23.2 Å². The summed E-state index contributed by atoms with van der Waals surface area (Å²) in [6.07, 6.45) is 1.96. The van der Waals surface area contributed by atoms with Gasteiger partial charge in [-0.15, -0.1) is 0 Å². The van der Waals surface area contributed by atoms with Crippen LogP contribution in [-0.2, 0) is 22.6 Å². The summed E-state index contributed by atoms with van der Waals surface area (Å²) in [5.41, 5.74) is 3.73. The summed E-state index contributed by atoms with van der Waals surface area (Å²) >= 11 is 12.1. The van der Waals surface area contributed by atoms with E-state index in [-0.39, 0.29) is 18.4 Å². The van der Waals surface area contributed by atoms with Gasteiger partial charge in [-0.2, -0.15) is 5.10 Å². The first-order chi connectivity index (χ1) is 14.0. The lowest BCUT2D eigenvalue weighted by molar-refractivity contribution is -0.157. The molecule has 0 unspecified atom stereocenters. The van der Waals surface area contributed by atoms with E-state index in [9.17, 15) is 9.59 Å². The average Bonchev–Trinajstić information content (AvgIpc) is 3.07. The number of halogens is 2. The molecule has 0 spiro atoms. The maximum atomic E-state index is 13.1. The molecule has 1 fully saturated rings. The molecule has 146 valence electrons. The van der Waals surface area contributed by atoms with Gasteiger partial charge >= 0.3 is 0 Å². The van der Waals surface area contributed by atoms with Crippen molar-refractivity contribution in [2.24, 2.45) is 5.10 Å². The van der Waals surface area contributed by atoms with E-state index in [0.717, 1.165) is 22.2 Å². The largest absolute Gasteiger partial charge is 0.357 e. The van der Waals surface area contributed by atoms with Crippen LogP contribution in [0.2, 0.25) is 10.0 Å². The number of nitrogens with zero attached hydrogens (tertiary/aromatic N) is 3. The number of hydrogen-bond donors (Lipinski definition) is 1. The van der Waals surface area contributed by atoms with Gasteiger partial charge in [0.15, 0.2) is 0 Å². The van der Waals surface area contributed by atoms with Crippen molar-refractivity contribution in [2.75, 3.05) is 6.54 Å². The summed E-state index contributed by atoms with van der Waals surface area (Å²) in [5, 5.41) is 7.52. The van der Waals surface area contributed by atoms with E-state index in [4.69, 9.17) is 23.2 Å². The first kappa shape index (κ1) is 18.2. The molecule has 1 atom stereocenters. The van der Waals surface area contributed by atoms with E-state index in [1.165, 1.54) is 11.2 Å². The van der Waals surface area contributed by atoms with Crippen LogP contribution in [0.15, 0.2) is 47.6 Å². The van der Waals surface area contributed by atoms with Gasteiger partial charge in [0.1, 0.15) is 12.6 Å². The van der Waals surface area contributed by atoms with Gasteiger partial charge in [-0.05, 0) is 23.8 Å². The molecule has 0 aliphatic carbocycles. The van der Waals surface area contributed by atoms with Gasteiger partial charge < -0.3 is 9.88 Å². The van der Waals surface area contributed by atoms with Gasteiger partial charge in [-0.3, -0.25) is 9.59 Å². The number of hydrazone groups is 1. The number of amides is 2. The number of rotatable bonds is 2. The Labute approximate surface area is 176 Å². The monoisotopic (exact) mass is 426 g/mol. The molecule has 3 aromatic rings. The molecule has 2 amide bonds. The average molecular weight is 427 g/mol. The number of carbonyl (C=O) groups is 2. The molecular weight excluding hydrogens is 411 g/mol. The van der Waals surface area contributed by atoms with Crippen LogP contribution in [0.1, 0.15) is 16.8 Å². The van der Waals surface area contributed by atoms with Crippen LogP contribution in [-0.4, -0.2) is 45.5 Å². The quantitative estimate of drug-likeness (QED) is 0.635. The molecule has 2 aliphatic heterocycles. The fourth-order valence-corrected chi connectivity index (χ4v) is 4.45. The number of para-hydroxylation sites is 1. The zero-order valence-corrected chi connectivity index (χ0v) is 16.7. The van der Waals surface area contributed by atoms with Crippen molar-refractivity contribution in [1.82, 2.24) is 14.9 Å². The third-order valence-electron chi connectivity index (χ3n) is 5.45. The molecule has 1 aromatic heterocycles. The van der Waals surface area contributed by atoms with Crippen molar-refractivity contribution < 1.29 is 9.59 Å². The molecule has 29 heavy (non-hydrogen) atoms. The minimum absolute atomic E-state index is 0.0907. The summed E-state index contributed by atoms with van der Waals surface area (Å²) in [4.78, 5) is 30.8. The number of nitrogens with one attached hydrogen (secondary N) is 1. The van der Waals surface area contributed by atoms with Crippen LogP contribution in [0, 0.1) is 0 Å². The number of carbonyl (C=O) groups excluding carboxylic acids is 2. The summed E-state index contributed by atoms with van der Waals surface area (Å²) in [5.74, 6) is -0.319. The maximum absolute atomic E-state index is 13.1. The number of aromatic nitrogens is 1. The van der Waals surface area contributed by atoms with Gasteiger partial charge in [0.2, 0.25) is 5.91 Å². The van der Waals surface area contributed by atoms with E-state index >= 15 is 0 Å². The molecule has 0 bridgehead atoms. The summed E-state index contributed by atoms with van der Waals surface area (Å²) in [6.45, 7) is 0.312. The molecule has 5 rings (SSSR count). The molecule has 0 radical (unpaired) electrons. The SMILES string of the molecule is O=C1[C@@H]2Cc3c([nH]c4ccccc34)CN2C(=O)CN1N=Cc1ccc(Cl)cc1Cl. The number of fused-ring (bicyclic) bond motifs is 4. The molecule has 1 N–H and O–H groups in total. The van der Waals surface area contributed by atoms with Crippen molar-refractivity contribution in [3.63, 3.8) is 0 Å². The lowest BCUT2D eigenvalue weighted by Gasteiger charge is -2.40. The zero-order chi connectivity index (χ0) is 20.1. The van der Waals surface area contributed by atoms with E-state index < -0.39 is 6.04 Å². The molecule has 2 aromatic carbocycles. The minimum Gasteiger partial charge on any atom is -0.357 e. The van der Waals surface area contributed by atoms with Crippen molar-refractivity contribution in [2.45, 2.75) is 19.0 Å². The molecule has 6 nitrogen and oxygen atoms in total. The number of aromatic amines is 1. The fraction of sp³-hybridized carbons (Fsp3) is 0.190. The molecule has 0 saturated carbocycles. The van der Waals surface area contributed by atoms with Crippen LogP contribution in [0.3, 0.4) is 0 Å². The second kappa shape index (κ2) is 6.90. The van der Waals surface area contributed by atoms with Gasteiger partial charge in [-0.25, -0.2) is 5.01 Å². The minimum atomic E-state index is -0.555. The number of benzene rings is 2. The molecule has 8 heteroatoms. The summed E-state index contributed by atoms with van der Waals surface area (Å²) in [6, 6.07) is 12.4. The predicted molar refractivity (Wildman–Crippen MR) is 112 cm³/mol. The van der Waals surface area contributed by atoms with Crippen molar-refractivity contribution in [3.05, 3.63) is 69.3 Å². The number of piperazine rings is 1. The molecule has 1 saturated heterocycles. The van der Waals surface area contributed by atoms with E-state index in [1.807, 2.05) is 24.3 Å². The van der Waals surface area contributed by atoms with Crippen LogP contribution < -0.4 is 0 Å². The Morgan fingerprint density at radius 1 is 1.10 bits per heavy atom. The lowest BCUT2D eigenvalue weighted by Crippen LogP contribution is -2.60. The van der Waals surface area contributed by atoms with Crippen LogP contribution in [0.25, 0.3) is 10.9 Å². The topological polar surface area (TPSA) is 68.8 Å². The van der Waals surface area contributed by atoms with E-state index in [2.05, 4.69) is 10.1 Å². The normalized spacial score (nSPS) is 19.2. The predicted octanol–water partition coefficient (Wildman–Crippen LogP) is 3.60. The Balaban J connectivity index is 1.44. The van der Waals surface area contributed by atoms with Crippen LogP contribution in [0.4, 0.5) is 0 Å². The van der Waals surface area contributed by atoms with Gasteiger partial charge in [0, 0.05) is 33.6 Å². The molecular formula is C21H16Cl2N4O2. The number of hydrogen-bond acceptors (Lipinski definition) is 3. The first-order valence-electron chi connectivity index (χ1n) is 9.19. The van der Waals surface area contributed by atoms with Gasteiger partial charge in [0.05, 0.1) is 17.8 Å². The number of H-pyrrole nitrogens is 1. The first-order valence-corrected chi connectivity index (χ1v) is 9.95. The van der Waals surface area contributed by atoms with Crippen molar-refractivity contribution in [1.29, 1.82) is 0 Å².